The van der Waals surface area contributed by atoms with Crippen LogP contribution in [0.1, 0.15) is 18.2 Å². The summed E-state index contributed by atoms with van der Waals surface area (Å²) in [4.78, 5) is 24.6. The highest BCUT2D eigenvalue weighted by Crippen LogP contribution is 2.18. The summed E-state index contributed by atoms with van der Waals surface area (Å²) in [7, 11) is 0. The number of fused-ring (bicyclic) bond motifs is 1. The molecule has 0 fully saturated rings. The second-order valence-corrected chi connectivity index (χ2v) is 5.93. The molecule has 1 heterocycles. The third-order valence-corrected chi connectivity index (χ3v) is 4.26. The topological polar surface area (TPSA) is 51.1 Å². The van der Waals surface area contributed by atoms with Crippen LogP contribution in [0.25, 0.3) is 10.9 Å². The van der Waals surface area contributed by atoms with Crippen molar-refractivity contribution in [2.24, 2.45) is 0 Å². The molecule has 0 radical (unpaired) electrons. The summed E-state index contributed by atoms with van der Waals surface area (Å²) in [6.07, 6.45) is 0.797. The number of para-hydroxylation sites is 2. The summed E-state index contributed by atoms with van der Waals surface area (Å²) >= 11 is 0. The number of carbonyl (C=O) groups is 1. The Bertz CT molecular complexity index is 1010. The molecule has 0 bridgehead atoms. The summed E-state index contributed by atoms with van der Waals surface area (Å²) in [5.41, 5.74) is 2.23. The zero-order valence-electron chi connectivity index (χ0n) is 14.2. The highest BCUT2D eigenvalue weighted by molar-refractivity contribution is 5.92. The van der Waals surface area contributed by atoms with Crippen LogP contribution in [0.15, 0.2) is 53.3 Å². The number of halogens is 1. The van der Waals surface area contributed by atoms with Crippen molar-refractivity contribution in [3.8, 4) is 0 Å². The number of aryl methyl sites for hydroxylation is 2. The number of anilines is 1. The average Bonchev–Trinajstić information content (AvgIpc) is 2.59. The number of carbonyl (C=O) groups excluding carboxylic acids is 1. The monoisotopic (exact) mass is 338 g/mol. The second kappa shape index (κ2) is 6.89. The molecular formula is C20H19FN2O2. The van der Waals surface area contributed by atoms with Crippen LogP contribution in [-0.2, 0) is 17.8 Å². The fourth-order valence-corrected chi connectivity index (χ4v) is 3.00. The molecule has 0 saturated heterocycles. The normalized spacial score (nSPS) is 10.8. The van der Waals surface area contributed by atoms with Gasteiger partial charge in [-0.2, -0.15) is 0 Å². The minimum absolute atomic E-state index is 0.0679. The molecule has 0 aliphatic heterocycles. The van der Waals surface area contributed by atoms with Crippen molar-refractivity contribution in [1.82, 2.24) is 4.57 Å². The third kappa shape index (κ3) is 3.31. The van der Waals surface area contributed by atoms with E-state index in [4.69, 9.17) is 0 Å². The summed E-state index contributed by atoms with van der Waals surface area (Å²) in [5.74, 6) is -0.780. The minimum Gasteiger partial charge on any atom is -0.333 e. The molecular weight excluding hydrogens is 319 g/mol. The molecule has 1 amide bonds. The Kier molecular flexibility index (Phi) is 4.65. The Morgan fingerprint density at radius 3 is 2.68 bits per heavy atom. The maximum atomic E-state index is 14.3. The molecule has 3 rings (SSSR count). The number of aromatic nitrogens is 1. The predicted octanol–water partition coefficient (Wildman–Crippen LogP) is 3.65. The highest BCUT2D eigenvalue weighted by atomic mass is 19.1. The van der Waals surface area contributed by atoms with Gasteiger partial charge in [0.2, 0.25) is 5.91 Å². The van der Waals surface area contributed by atoms with Crippen molar-refractivity contribution in [2.45, 2.75) is 26.8 Å². The van der Waals surface area contributed by atoms with E-state index < -0.39 is 5.82 Å². The predicted molar refractivity (Wildman–Crippen MR) is 97.4 cm³/mol. The number of nitrogens with one attached hydrogen (secondary N) is 1. The van der Waals surface area contributed by atoms with Gasteiger partial charge in [0.1, 0.15) is 12.4 Å². The number of amides is 1. The lowest BCUT2D eigenvalue weighted by atomic mass is 10.1. The molecule has 1 aromatic heterocycles. The van der Waals surface area contributed by atoms with E-state index in [-0.39, 0.29) is 28.8 Å². The van der Waals surface area contributed by atoms with E-state index in [9.17, 15) is 14.0 Å². The van der Waals surface area contributed by atoms with E-state index >= 15 is 0 Å². The van der Waals surface area contributed by atoms with Crippen LogP contribution in [-0.4, -0.2) is 10.5 Å². The number of benzene rings is 2. The van der Waals surface area contributed by atoms with E-state index in [0.29, 0.717) is 5.69 Å². The number of hydrogen-bond donors (Lipinski definition) is 1. The minimum atomic E-state index is -0.514. The van der Waals surface area contributed by atoms with Gasteiger partial charge in [-0.05, 0) is 37.1 Å². The Morgan fingerprint density at radius 1 is 1.16 bits per heavy atom. The summed E-state index contributed by atoms with van der Waals surface area (Å²) in [5, 5.41) is 3.15. The van der Waals surface area contributed by atoms with Crippen LogP contribution < -0.4 is 10.7 Å². The molecule has 0 atom stereocenters. The van der Waals surface area contributed by atoms with Gasteiger partial charge in [0.25, 0.3) is 0 Å². The zero-order valence-corrected chi connectivity index (χ0v) is 14.2. The van der Waals surface area contributed by atoms with Gasteiger partial charge in [-0.15, -0.1) is 0 Å². The molecule has 0 aliphatic rings. The van der Waals surface area contributed by atoms with Crippen molar-refractivity contribution >= 4 is 22.5 Å². The zero-order chi connectivity index (χ0) is 18.0. The maximum Gasteiger partial charge on any atom is 0.244 e. The quantitative estimate of drug-likeness (QED) is 0.789. The van der Waals surface area contributed by atoms with Crippen LogP contribution in [0.3, 0.4) is 0 Å². The fourth-order valence-electron chi connectivity index (χ4n) is 3.00. The van der Waals surface area contributed by atoms with E-state index in [1.165, 1.54) is 22.8 Å². The molecule has 2 aromatic carbocycles. The lowest BCUT2D eigenvalue weighted by molar-refractivity contribution is -0.116. The maximum absolute atomic E-state index is 14.3. The van der Waals surface area contributed by atoms with E-state index in [2.05, 4.69) is 5.32 Å². The molecule has 3 aromatic rings. The first kappa shape index (κ1) is 16.9. The van der Waals surface area contributed by atoms with Crippen LogP contribution in [0.2, 0.25) is 0 Å². The second-order valence-electron chi connectivity index (χ2n) is 5.93. The fraction of sp³-hybridized carbons (Fsp3) is 0.200. The molecule has 25 heavy (non-hydrogen) atoms. The standard InChI is InChI=1S/C20H19FN2O2/c1-3-14-7-4-5-10-17(14)22-19(25)12-23-13(2)11-18(24)15-8-6-9-16(21)20(15)23/h4-11H,3,12H2,1-2H3,(H,22,25). The highest BCUT2D eigenvalue weighted by Gasteiger charge is 2.14. The Hall–Kier alpha value is -2.95. The summed E-state index contributed by atoms with van der Waals surface area (Å²) in [6, 6.07) is 13.4. The van der Waals surface area contributed by atoms with Crippen molar-refractivity contribution < 1.29 is 9.18 Å². The summed E-state index contributed by atoms with van der Waals surface area (Å²) < 4.78 is 15.8. The van der Waals surface area contributed by atoms with Gasteiger partial charge in [-0.1, -0.05) is 31.2 Å². The Balaban J connectivity index is 1.98. The van der Waals surface area contributed by atoms with Gasteiger partial charge in [0, 0.05) is 22.8 Å². The molecule has 128 valence electrons. The van der Waals surface area contributed by atoms with Crippen LogP contribution in [0.4, 0.5) is 10.1 Å². The Labute approximate surface area is 144 Å². The van der Waals surface area contributed by atoms with E-state index in [0.717, 1.165) is 17.7 Å². The van der Waals surface area contributed by atoms with Gasteiger partial charge < -0.3 is 9.88 Å². The molecule has 1 N–H and O–H groups in total. The van der Waals surface area contributed by atoms with Gasteiger partial charge in [-0.3, -0.25) is 9.59 Å². The SMILES string of the molecule is CCc1ccccc1NC(=O)Cn1c(C)cc(=O)c2cccc(F)c21. The third-order valence-electron chi connectivity index (χ3n) is 4.26. The molecule has 4 nitrogen and oxygen atoms in total. The molecule has 0 saturated carbocycles. The molecule has 0 spiro atoms. The van der Waals surface area contributed by atoms with Crippen molar-refractivity contribution in [2.75, 3.05) is 5.32 Å². The van der Waals surface area contributed by atoms with Crippen LogP contribution in [0.5, 0.6) is 0 Å². The van der Waals surface area contributed by atoms with Crippen molar-refractivity contribution in [1.29, 1.82) is 0 Å². The van der Waals surface area contributed by atoms with Crippen molar-refractivity contribution in [3.63, 3.8) is 0 Å². The lowest BCUT2D eigenvalue weighted by Crippen LogP contribution is -2.23. The molecule has 5 heteroatoms. The number of pyridine rings is 1. The molecule has 0 aliphatic carbocycles. The van der Waals surface area contributed by atoms with Crippen LogP contribution in [0, 0.1) is 12.7 Å². The largest absolute Gasteiger partial charge is 0.333 e. The van der Waals surface area contributed by atoms with E-state index in [1.807, 2.05) is 31.2 Å². The molecule has 0 unspecified atom stereocenters. The van der Waals surface area contributed by atoms with Gasteiger partial charge >= 0.3 is 0 Å². The smallest absolute Gasteiger partial charge is 0.244 e. The average molecular weight is 338 g/mol. The van der Waals surface area contributed by atoms with E-state index in [1.54, 1.807) is 13.0 Å². The van der Waals surface area contributed by atoms with Gasteiger partial charge in [0.05, 0.1) is 5.52 Å². The van der Waals surface area contributed by atoms with Crippen molar-refractivity contribution in [3.05, 3.63) is 75.8 Å². The Morgan fingerprint density at radius 2 is 1.92 bits per heavy atom. The lowest BCUT2D eigenvalue weighted by Gasteiger charge is -2.16. The van der Waals surface area contributed by atoms with Gasteiger partial charge in [0.15, 0.2) is 5.43 Å². The first-order valence-electron chi connectivity index (χ1n) is 8.17. The van der Waals surface area contributed by atoms with Gasteiger partial charge in [-0.25, -0.2) is 4.39 Å². The first-order chi connectivity index (χ1) is 12.0. The summed E-state index contributed by atoms with van der Waals surface area (Å²) in [6.45, 7) is 3.64. The number of rotatable bonds is 4. The number of nitrogens with zero attached hydrogens (tertiary/aromatic N) is 1. The first-order valence-corrected chi connectivity index (χ1v) is 8.17. The van der Waals surface area contributed by atoms with Crippen LogP contribution >= 0.6 is 0 Å². The number of hydrogen-bond acceptors (Lipinski definition) is 2.